The van der Waals surface area contributed by atoms with Gasteiger partial charge in [0.25, 0.3) is 0 Å². The Labute approximate surface area is 117 Å². The molecule has 0 amide bonds. The molecule has 1 heterocycles. The number of rotatable bonds is 3. The number of aliphatic carboxylic acids is 1. The van der Waals surface area contributed by atoms with Gasteiger partial charge in [-0.1, -0.05) is 12.1 Å². The second kappa shape index (κ2) is 5.28. The third kappa shape index (κ3) is 2.61. The van der Waals surface area contributed by atoms with Crippen molar-refractivity contribution in [2.45, 2.75) is 26.7 Å². The van der Waals surface area contributed by atoms with E-state index >= 15 is 0 Å². The molecular weight excluding hydrogens is 256 g/mol. The summed E-state index contributed by atoms with van der Waals surface area (Å²) in [5.74, 6) is -0.917. The molecule has 2 rings (SSSR count). The van der Waals surface area contributed by atoms with Crippen molar-refractivity contribution in [2.75, 3.05) is 0 Å². The van der Waals surface area contributed by atoms with Crippen LogP contribution in [-0.2, 0) is 4.79 Å². The van der Waals surface area contributed by atoms with E-state index in [1.54, 1.807) is 45.0 Å². The number of aromatic hydroxyl groups is 1. The quantitative estimate of drug-likeness (QED) is 0.897. The van der Waals surface area contributed by atoms with E-state index in [-0.39, 0.29) is 5.75 Å². The van der Waals surface area contributed by atoms with Gasteiger partial charge in [-0.2, -0.15) is 0 Å². The minimum atomic E-state index is -0.898. The summed E-state index contributed by atoms with van der Waals surface area (Å²) in [6, 6.07) is 6.67. The minimum absolute atomic E-state index is 0.143. The molecule has 1 unspecified atom stereocenters. The number of aryl methyl sites for hydroxylation is 2. The topological polar surface area (TPSA) is 83.3 Å². The zero-order valence-electron chi connectivity index (χ0n) is 11.6. The van der Waals surface area contributed by atoms with Crippen molar-refractivity contribution >= 4 is 5.97 Å². The number of nitrogens with zero attached hydrogens (tertiary/aromatic N) is 2. The third-order valence-corrected chi connectivity index (χ3v) is 3.23. The molecule has 0 aliphatic heterocycles. The highest BCUT2D eigenvalue weighted by molar-refractivity contribution is 5.76. The number of carboxylic acids is 1. The summed E-state index contributed by atoms with van der Waals surface area (Å²) in [5, 5.41) is 18.6. The Balaban J connectivity index is 2.53. The molecule has 0 radical (unpaired) electrons. The van der Waals surface area contributed by atoms with Crippen molar-refractivity contribution in [2.24, 2.45) is 0 Å². The predicted molar refractivity (Wildman–Crippen MR) is 74.7 cm³/mol. The number of phenolic OH excluding ortho intramolecular Hbond substituents is 1. The average molecular weight is 272 g/mol. The number of aromatic nitrogens is 2. The highest BCUT2D eigenvalue weighted by Gasteiger charge is 2.21. The lowest BCUT2D eigenvalue weighted by Gasteiger charge is -2.14. The minimum Gasteiger partial charge on any atom is -0.508 e. The van der Waals surface area contributed by atoms with Crippen LogP contribution < -0.4 is 0 Å². The monoisotopic (exact) mass is 272 g/mol. The number of benzene rings is 1. The van der Waals surface area contributed by atoms with Crippen LogP contribution in [0.25, 0.3) is 11.4 Å². The zero-order chi connectivity index (χ0) is 14.9. The van der Waals surface area contributed by atoms with Crippen LogP contribution in [0.1, 0.15) is 29.8 Å². The molecule has 0 aliphatic carbocycles. The lowest BCUT2D eigenvalue weighted by molar-refractivity contribution is -0.138. The standard InChI is InChI=1S/C15H16N2O3/c1-8(15(19)20)13-9(2)16-14(17-10(13)3)11-5-4-6-12(18)7-11/h4-8,18H,1-3H3,(H,19,20). The van der Waals surface area contributed by atoms with E-state index < -0.39 is 11.9 Å². The van der Waals surface area contributed by atoms with Gasteiger partial charge in [-0.05, 0) is 32.9 Å². The fourth-order valence-electron chi connectivity index (χ4n) is 2.25. The van der Waals surface area contributed by atoms with Gasteiger partial charge in [0.05, 0.1) is 5.92 Å². The van der Waals surface area contributed by atoms with Crippen LogP contribution in [0.4, 0.5) is 0 Å². The first-order chi connectivity index (χ1) is 9.40. The molecule has 0 spiro atoms. The predicted octanol–water partition coefficient (Wildman–Crippen LogP) is 2.65. The zero-order valence-corrected chi connectivity index (χ0v) is 11.6. The number of hydrogen-bond acceptors (Lipinski definition) is 4. The maximum Gasteiger partial charge on any atom is 0.310 e. The van der Waals surface area contributed by atoms with Crippen LogP contribution in [0.5, 0.6) is 5.75 Å². The molecule has 0 bridgehead atoms. The van der Waals surface area contributed by atoms with Crippen LogP contribution in [0.15, 0.2) is 24.3 Å². The van der Waals surface area contributed by atoms with Crippen LogP contribution >= 0.6 is 0 Å². The average Bonchev–Trinajstić information content (AvgIpc) is 2.37. The van der Waals surface area contributed by atoms with Crippen LogP contribution in [-0.4, -0.2) is 26.2 Å². The summed E-state index contributed by atoms with van der Waals surface area (Å²) in [6.45, 7) is 5.17. The molecule has 0 saturated heterocycles. The number of carboxylic acid groups (broad SMARTS) is 1. The smallest absolute Gasteiger partial charge is 0.310 e. The third-order valence-electron chi connectivity index (χ3n) is 3.23. The fourth-order valence-corrected chi connectivity index (χ4v) is 2.25. The van der Waals surface area contributed by atoms with Crippen LogP contribution in [0.3, 0.4) is 0 Å². The molecule has 0 aliphatic rings. The Hall–Kier alpha value is -2.43. The van der Waals surface area contributed by atoms with Gasteiger partial charge in [-0.3, -0.25) is 4.79 Å². The highest BCUT2D eigenvalue weighted by Crippen LogP contribution is 2.26. The summed E-state index contributed by atoms with van der Waals surface area (Å²) < 4.78 is 0. The summed E-state index contributed by atoms with van der Waals surface area (Å²) in [5.41, 5.74) is 2.63. The number of hydrogen-bond donors (Lipinski definition) is 2. The fraction of sp³-hybridized carbons (Fsp3) is 0.267. The highest BCUT2D eigenvalue weighted by atomic mass is 16.4. The summed E-state index contributed by atoms with van der Waals surface area (Å²) in [4.78, 5) is 19.8. The molecule has 5 heteroatoms. The summed E-state index contributed by atoms with van der Waals surface area (Å²) in [6.07, 6.45) is 0. The van der Waals surface area contributed by atoms with Crippen molar-refractivity contribution < 1.29 is 15.0 Å². The van der Waals surface area contributed by atoms with Crippen molar-refractivity contribution in [3.8, 4) is 17.1 Å². The molecular formula is C15H16N2O3. The van der Waals surface area contributed by atoms with E-state index in [9.17, 15) is 9.90 Å². The van der Waals surface area contributed by atoms with Gasteiger partial charge in [0.2, 0.25) is 0 Å². The molecule has 2 N–H and O–H groups in total. The van der Waals surface area contributed by atoms with Gasteiger partial charge in [0.1, 0.15) is 5.75 Å². The SMILES string of the molecule is Cc1nc(-c2cccc(O)c2)nc(C)c1C(C)C(=O)O. The number of phenols is 1. The van der Waals surface area contributed by atoms with Gasteiger partial charge in [-0.15, -0.1) is 0 Å². The van der Waals surface area contributed by atoms with E-state index in [1.165, 1.54) is 0 Å². The molecule has 2 aromatic rings. The molecule has 0 saturated carbocycles. The van der Waals surface area contributed by atoms with Crippen molar-refractivity contribution in [1.82, 2.24) is 9.97 Å². The van der Waals surface area contributed by atoms with Gasteiger partial charge in [0, 0.05) is 22.5 Å². The first kappa shape index (κ1) is 14.0. The van der Waals surface area contributed by atoms with Gasteiger partial charge >= 0.3 is 5.97 Å². The lowest BCUT2D eigenvalue weighted by atomic mass is 9.98. The second-order valence-electron chi connectivity index (χ2n) is 4.74. The molecule has 1 aromatic carbocycles. The first-order valence-corrected chi connectivity index (χ1v) is 6.27. The molecule has 104 valence electrons. The van der Waals surface area contributed by atoms with Gasteiger partial charge < -0.3 is 10.2 Å². The van der Waals surface area contributed by atoms with Crippen molar-refractivity contribution in [3.63, 3.8) is 0 Å². The maximum absolute atomic E-state index is 11.1. The lowest BCUT2D eigenvalue weighted by Crippen LogP contribution is -2.13. The molecule has 20 heavy (non-hydrogen) atoms. The molecule has 1 aromatic heterocycles. The van der Waals surface area contributed by atoms with E-state index in [1.807, 2.05) is 0 Å². The molecule has 1 atom stereocenters. The van der Waals surface area contributed by atoms with Crippen molar-refractivity contribution in [3.05, 3.63) is 41.2 Å². The maximum atomic E-state index is 11.1. The molecule has 5 nitrogen and oxygen atoms in total. The largest absolute Gasteiger partial charge is 0.508 e. The van der Waals surface area contributed by atoms with Gasteiger partial charge in [0.15, 0.2) is 5.82 Å². The van der Waals surface area contributed by atoms with Crippen LogP contribution in [0.2, 0.25) is 0 Å². The number of carbonyl (C=O) groups is 1. The Kier molecular flexibility index (Phi) is 3.70. The first-order valence-electron chi connectivity index (χ1n) is 6.27. The summed E-state index contributed by atoms with van der Waals surface area (Å²) >= 11 is 0. The normalized spacial score (nSPS) is 12.2. The van der Waals surface area contributed by atoms with Gasteiger partial charge in [-0.25, -0.2) is 9.97 Å². The van der Waals surface area contributed by atoms with E-state index in [4.69, 9.17) is 5.11 Å². The Morgan fingerprint density at radius 2 is 1.80 bits per heavy atom. The Morgan fingerprint density at radius 1 is 1.20 bits per heavy atom. The Bertz CT molecular complexity index is 645. The summed E-state index contributed by atoms with van der Waals surface area (Å²) in [7, 11) is 0. The van der Waals surface area contributed by atoms with E-state index in [0.717, 1.165) is 0 Å². The van der Waals surface area contributed by atoms with E-state index in [2.05, 4.69) is 9.97 Å². The Morgan fingerprint density at radius 3 is 2.30 bits per heavy atom. The van der Waals surface area contributed by atoms with E-state index in [0.29, 0.717) is 28.3 Å². The van der Waals surface area contributed by atoms with Crippen molar-refractivity contribution in [1.29, 1.82) is 0 Å². The van der Waals surface area contributed by atoms with Crippen LogP contribution in [0, 0.1) is 13.8 Å². The second-order valence-corrected chi connectivity index (χ2v) is 4.74. The molecule has 0 fully saturated rings.